The van der Waals surface area contributed by atoms with Crippen molar-refractivity contribution in [3.05, 3.63) is 65.0 Å². The number of aryl methyl sites for hydroxylation is 2. The highest BCUT2D eigenvalue weighted by Crippen LogP contribution is 2.43. The number of likely N-dealkylation sites (tertiary alicyclic amines) is 1. The number of nitrogens with one attached hydrogen (secondary N) is 3. The number of benzene rings is 1. The van der Waals surface area contributed by atoms with Crippen LogP contribution in [0.1, 0.15) is 47.3 Å². The first-order chi connectivity index (χ1) is 16.5. The quantitative estimate of drug-likeness (QED) is 0.657. The molecule has 7 atom stereocenters. The smallest absolute Gasteiger partial charge is 0.317 e. The van der Waals surface area contributed by atoms with Gasteiger partial charge in [-0.25, -0.2) is 10.2 Å². The molecule has 0 spiro atoms. The van der Waals surface area contributed by atoms with Gasteiger partial charge < -0.3 is 15.1 Å². The van der Waals surface area contributed by atoms with E-state index in [4.69, 9.17) is 0 Å². The van der Waals surface area contributed by atoms with Crippen LogP contribution in [0.25, 0.3) is 0 Å². The van der Waals surface area contributed by atoms with E-state index in [0.29, 0.717) is 23.8 Å². The summed E-state index contributed by atoms with van der Waals surface area (Å²) in [7, 11) is 2.17. The molecule has 3 saturated heterocycles. The van der Waals surface area contributed by atoms with Crippen LogP contribution in [0.15, 0.2) is 42.5 Å². The molecule has 1 aromatic carbocycles. The number of aromatic nitrogens is 1. The normalized spacial score (nSPS) is 35.7. The molecule has 3 aliphatic heterocycles. The Morgan fingerprint density at radius 1 is 0.912 bits per heavy atom. The van der Waals surface area contributed by atoms with E-state index in [1.54, 1.807) is 0 Å². The molecule has 5 unspecified atom stereocenters. The van der Waals surface area contributed by atoms with E-state index in [9.17, 15) is 4.79 Å². The fraction of sp³-hybridized carbons (Fsp3) is 0.556. The van der Waals surface area contributed by atoms with Crippen LogP contribution in [0.3, 0.4) is 0 Å². The van der Waals surface area contributed by atoms with Gasteiger partial charge in [-0.05, 0) is 68.8 Å². The predicted octanol–water partition coefficient (Wildman–Crippen LogP) is 2.73. The third-order valence-electron chi connectivity index (χ3n) is 8.58. The molecule has 180 valence electrons. The van der Waals surface area contributed by atoms with Gasteiger partial charge in [0.2, 0.25) is 0 Å². The molecule has 1 aromatic heterocycles. The molecule has 7 heteroatoms. The van der Waals surface area contributed by atoms with Crippen molar-refractivity contribution < 1.29 is 4.79 Å². The van der Waals surface area contributed by atoms with Gasteiger partial charge in [0, 0.05) is 49.0 Å². The van der Waals surface area contributed by atoms with Gasteiger partial charge in [-0.15, -0.1) is 0 Å². The molecule has 1 aliphatic carbocycles. The summed E-state index contributed by atoms with van der Waals surface area (Å²) in [5.74, 6) is 1.33. The number of hydrogen-bond donors (Lipinski definition) is 3. The highest BCUT2D eigenvalue weighted by Gasteiger charge is 2.50. The molecular weight excluding hydrogens is 424 g/mol. The number of carbonyl (C=O) groups is 1. The van der Waals surface area contributed by atoms with Crippen molar-refractivity contribution in [3.63, 3.8) is 0 Å². The first kappa shape index (κ1) is 22.0. The van der Waals surface area contributed by atoms with Gasteiger partial charge in [-0.2, -0.15) is 0 Å². The van der Waals surface area contributed by atoms with E-state index in [0.717, 1.165) is 43.9 Å². The van der Waals surface area contributed by atoms with Gasteiger partial charge in [0.15, 0.2) is 0 Å². The zero-order chi connectivity index (χ0) is 23.4. The van der Waals surface area contributed by atoms with Gasteiger partial charge in [-0.1, -0.05) is 30.3 Å². The van der Waals surface area contributed by atoms with E-state index in [2.05, 4.69) is 94.3 Å². The van der Waals surface area contributed by atoms with Crippen molar-refractivity contribution in [1.29, 1.82) is 0 Å². The molecule has 4 fully saturated rings. The minimum Gasteiger partial charge on any atom is -0.335 e. The summed E-state index contributed by atoms with van der Waals surface area (Å²) < 4.78 is 0. The number of fused-ring (bicyclic) bond motifs is 2. The van der Waals surface area contributed by atoms with E-state index >= 15 is 0 Å². The molecule has 34 heavy (non-hydrogen) atoms. The number of rotatable bonds is 3. The molecule has 2 aromatic rings. The lowest BCUT2D eigenvalue weighted by Crippen LogP contribution is -2.63. The van der Waals surface area contributed by atoms with Crippen molar-refractivity contribution in [2.75, 3.05) is 26.7 Å². The monoisotopic (exact) mass is 460 g/mol. The standard InChI is InChI=1S/C27H36N6O/c1-16-9-19(10-17(2)28-16)26-21-11-20-13-33(27(34)29-23(20)12-24(21)30-31-26)25-15-32(3)14-22(25)18-7-5-4-6-8-18/h4-10,20-26,30-31H,11-15H2,1-3H3,(H,29,34)/t20?,21?,22-,23?,24?,25+,26?/m1/s1. The highest BCUT2D eigenvalue weighted by atomic mass is 16.2. The fourth-order valence-electron chi connectivity index (χ4n) is 7.10. The van der Waals surface area contributed by atoms with Crippen LogP contribution < -0.4 is 16.2 Å². The Kier molecular flexibility index (Phi) is 5.59. The van der Waals surface area contributed by atoms with E-state index in [-0.39, 0.29) is 24.2 Å². The number of hydrazine groups is 1. The molecule has 2 amide bonds. The van der Waals surface area contributed by atoms with E-state index in [1.807, 2.05) is 0 Å². The first-order valence-corrected chi connectivity index (χ1v) is 12.7. The second-order valence-electron chi connectivity index (χ2n) is 11.0. The van der Waals surface area contributed by atoms with E-state index < -0.39 is 0 Å². The predicted molar refractivity (Wildman–Crippen MR) is 132 cm³/mol. The van der Waals surface area contributed by atoms with Crippen LogP contribution in [0.2, 0.25) is 0 Å². The first-order valence-electron chi connectivity index (χ1n) is 12.7. The van der Waals surface area contributed by atoms with Crippen molar-refractivity contribution in [2.24, 2.45) is 11.8 Å². The minimum atomic E-state index is 0.115. The molecule has 1 saturated carbocycles. The SMILES string of the molecule is Cc1cc(C2NNC3CC4NC(=O)N([C@H]5CN(C)C[C@@H]5c5ccccc5)CC4CC32)cc(C)n1. The highest BCUT2D eigenvalue weighted by molar-refractivity contribution is 5.76. The van der Waals surface area contributed by atoms with Crippen LogP contribution in [0.5, 0.6) is 0 Å². The number of nitrogens with zero attached hydrogens (tertiary/aromatic N) is 3. The minimum absolute atomic E-state index is 0.115. The molecule has 7 nitrogen and oxygen atoms in total. The Bertz CT molecular complexity index is 1040. The van der Waals surface area contributed by atoms with Crippen LogP contribution in [-0.4, -0.2) is 65.6 Å². The summed E-state index contributed by atoms with van der Waals surface area (Å²) in [6.07, 6.45) is 2.09. The van der Waals surface area contributed by atoms with Gasteiger partial charge in [0.1, 0.15) is 0 Å². The Labute approximate surface area is 202 Å². The van der Waals surface area contributed by atoms with Crippen molar-refractivity contribution in [1.82, 2.24) is 31.0 Å². The lowest BCUT2D eigenvalue weighted by molar-refractivity contribution is 0.0790. The summed E-state index contributed by atoms with van der Waals surface area (Å²) in [6, 6.07) is 16.4. The number of pyridine rings is 1. The summed E-state index contributed by atoms with van der Waals surface area (Å²) >= 11 is 0. The third-order valence-corrected chi connectivity index (χ3v) is 8.58. The Morgan fingerprint density at radius 3 is 2.44 bits per heavy atom. The van der Waals surface area contributed by atoms with Gasteiger partial charge in [-0.3, -0.25) is 10.4 Å². The average molecular weight is 461 g/mol. The van der Waals surface area contributed by atoms with Crippen LogP contribution in [0.4, 0.5) is 4.79 Å². The summed E-state index contributed by atoms with van der Waals surface area (Å²) in [4.78, 5) is 22.4. The summed E-state index contributed by atoms with van der Waals surface area (Å²) in [6.45, 7) is 6.92. The van der Waals surface area contributed by atoms with Gasteiger partial charge in [0.25, 0.3) is 0 Å². The van der Waals surface area contributed by atoms with Crippen LogP contribution in [-0.2, 0) is 0 Å². The zero-order valence-electron chi connectivity index (χ0n) is 20.4. The van der Waals surface area contributed by atoms with Gasteiger partial charge in [0.05, 0.1) is 12.1 Å². The van der Waals surface area contributed by atoms with Crippen LogP contribution in [0, 0.1) is 25.7 Å². The second-order valence-corrected chi connectivity index (χ2v) is 11.0. The number of urea groups is 1. The van der Waals surface area contributed by atoms with Crippen molar-refractivity contribution in [2.45, 2.75) is 56.8 Å². The van der Waals surface area contributed by atoms with E-state index in [1.165, 1.54) is 11.1 Å². The molecule has 4 aliphatic rings. The lowest BCUT2D eigenvalue weighted by Gasteiger charge is -2.48. The largest absolute Gasteiger partial charge is 0.335 e. The lowest BCUT2D eigenvalue weighted by atomic mass is 9.71. The topological polar surface area (TPSA) is 72.5 Å². The Hall–Kier alpha value is -2.48. The van der Waals surface area contributed by atoms with Crippen molar-refractivity contribution in [3.8, 4) is 0 Å². The Morgan fingerprint density at radius 2 is 1.68 bits per heavy atom. The third kappa shape index (κ3) is 3.89. The summed E-state index contributed by atoms with van der Waals surface area (Å²) in [5.41, 5.74) is 11.9. The molecule has 3 N–H and O–H groups in total. The molecule has 0 radical (unpaired) electrons. The number of carbonyl (C=O) groups excluding carboxylic acids is 1. The zero-order valence-corrected chi connectivity index (χ0v) is 20.4. The number of hydrogen-bond acceptors (Lipinski definition) is 5. The maximum atomic E-state index is 13.3. The number of amides is 2. The van der Waals surface area contributed by atoms with Crippen LogP contribution >= 0.6 is 0 Å². The average Bonchev–Trinajstić information content (AvgIpc) is 3.40. The summed E-state index contributed by atoms with van der Waals surface area (Å²) in [5, 5.41) is 3.41. The molecular formula is C27H36N6O. The molecule has 4 heterocycles. The second kappa shape index (κ2) is 8.63. The maximum Gasteiger partial charge on any atom is 0.317 e. The number of likely N-dealkylation sites (N-methyl/N-ethyl adjacent to an activating group) is 1. The Balaban J connectivity index is 1.22. The molecule has 0 bridgehead atoms. The fourth-order valence-corrected chi connectivity index (χ4v) is 7.10. The van der Waals surface area contributed by atoms with Crippen molar-refractivity contribution >= 4 is 6.03 Å². The maximum absolute atomic E-state index is 13.3. The molecule has 6 rings (SSSR count). The van der Waals surface area contributed by atoms with Gasteiger partial charge >= 0.3 is 6.03 Å².